The van der Waals surface area contributed by atoms with Crippen LogP contribution in [0.3, 0.4) is 0 Å². The SMILES string of the molecule is CCC(N)CCN(C)CCS(C)(=O)=O. The average molecular weight is 222 g/mol. The summed E-state index contributed by atoms with van der Waals surface area (Å²) in [5, 5.41) is 0. The van der Waals surface area contributed by atoms with Gasteiger partial charge in [0.25, 0.3) is 0 Å². The lowest BCUT2D eigenvalue weighted by atomic mass is 10.2. The summed E-state index contributed by atoms with van der Waals surface area (Å²) < 4.78 is 21.8. The van der Waals surface area contributed by atoms with Crippen molar-refractivity contribution in [2.45, 2.75) is 25.8 Å². The van der Waals surface area contributed by atoms with E-state index in [0.717, 1.165) is 19.4 Å². The Labute approximate surface area is 87.4 Å². The van der Waals surface area contributed by atoms with Gasteiger partial charge in [0.05, 0.1) is 5.75 Å². The number of nitrogens with zero attached hydrogens (tertiary/aromatic N) is 1. The molecule has 0 saturated carbocycles. The van der Waals surface area contributed by atoms with Gasteiger partial charge in [-0.25, -0.2) is 8.42 Å². The Morgan fingerprint density at radius 1 is 1.36 bits per heavy atom. The van der Waals surface area contributed by atoms with Crippen molar-refractivity contribution in [1.82, 2.24) is 4.90 Å². The highest BCUT2D eigenvalue weighted by molar-refractivity contribution is 7.90. The van der Waals surface area contributed by atoms with E-state index in [0.29, 0.717) is 6.54 Å². The van der Waals surface area contributed by atoms with Crippen LogP contribution >= 0.6 is 0 Å². The summed E-state index contributed by atoms with van der Waals surface area (Å²) in [5.41, 5.74) is 5.76. The molecule has 0 aromatic rings. The Morgan fingerprint density at radius 2 is 1.93 bits per heavy atom. The second-order valence-electron chi connectivity index (χ2n) is 3.89. The molecular formula is C9H22N2O2S. The van der Waals surface area contributed by atoms with Gasteiger partial charge in [-0.05, 0) is 26.4 Å². The highest BCUT2D eigenvalue weighted by Crippen LogP contribution is 1.96. The van der Waals surface area contributed by atoms with Gasteiger partial charge < -0.3 is 10.6 Å². The molecule has 0 aliphatic rings. The minimum atomic E-state index is -2.84. The molecule has 0 aromatic carbocycles. The molecule has 1 unspecified atom stereocenters. The molecule has 86 valence electrons. The monoisotopic (exact) mass is 222 g/mol. The predicted molar refractivity (Wildman–Crippen MR) is 60.1 cm³/mol. The molecule has 14 heavy (non-hydrogen) atoms. The summed E-state index contributed by atoms with van der Waals surface area (Å²) >= 11 is 0. The van der Waals surface area contributed by atoms with Crippen LogP contribution in [0, 0.1) is 0 Å². The van der Waals surface area contributed by atoms with Crippen LogP contribution in [0.25, 0.3) is 0 Å². The van der Waals surface area contributed by atoms with Gasteiger partial charge >= 0.3 is 0 Å². The van der Waals surface area contributed by atoms with Gasteiger partial charge in [0, 0.05) is 18.8 Å². The Bertz CT molecular complexity index is 239. The molecule has 0 amide bonds. The van der Waals surface area contributed by atoms with Gasteiger partial charge in [0.15, 0.2) is 0 Å². The molecule has 0 fully saturated rings. The molecule has 0 heterocycles. The fraction of sp³-hybridized carbons (Fsp3) is 1.00. The first-order valence-electron chi connectivity index (χ1n) is 4.97. The minimum Gasteiger partial charge on any atom is -0.328 e. The molecule has 0 rings (SSSR count). The van der Waals surface area contributed by atoms with E-state index in [1.165, 1.54) is 6.26 Å². The lowest BCUT2D eigenvalue weighted by Gasteiger charge is -2.17. The average Bonchev–Trinajstić information content (AvgIpc) is 2.09. The maximum atomic E-state index is 10.9. The minimum absolute atomic E-state index is 0.227. The third kappa shape index (κ3) is 8.47. The van der Waals surface area contributed by atoms with E-state index in [2.05, 4.69) is 6.92 Å². The van der Waals surface area contributed by atoms with E-state index in [9.17, 15) is 8.42 Å². The van der Waals surface area contributed by atoms with Crippen LogP contribution in [0.2, 0.25) is 0 Å². The number of rotatable bonds is 7. The van der Waals surface area contributed by atoms with Gasteiger partial charge in [-0.2, -0.15) is 0 Å². The lowest BCUT2D eigenvalue weighted by molar-refractivity contribution is 0.333. The molecule has 0 aromatic heterocycles. The van der Waals surface area contributed by atoms with E-state index in [-0.39, 0.29) is 11.8 Å². The highest BCUT2D eigenvalue weighted by atomic mass is 32.2. The predicted octanol–water partition coefficient (Wildman–Crippen LogP) is 0.0902. The Morgan fingerprint density at radius 3 is 2.36 bits per heavy atom. The van der Waals surface area contributed by atoms with Crippen LogP contribution in [0.1, 0.15) is 19.8 Å². The van der Waals surface area contributed by atoms with E-state index in [1.54, 1.807) is 0 Å². The largest absolute Gasteiger partial charge is 0.328 e. The van der Waals surface area contributed by atoms with Gasteiger partial charge in [0.1, 0.15) is 9.84 Å². The zero-order chi connectivity index (χ0) is 11.2. The number of hydrogen-bond acceptors (Lipinski definition) is 4. The molecule has 0 aliphatic heterocycles. The highest BCUT2D eigenvalue weighted by Gasteiger charge is 2.06. The van der Waals surface area contributed by atoms with E-state index < -0.39 is 9.84 Å². The summed E-state index contributed by atoms with van der Waals surface area (Å²) in [7, 11) is -0.912. The van der Waals surface area contributed by atoms with Crippen LogP contribution in [0.15, 0.2) is 0 Å². The smallest absolute Gasteiger partial charge is 0.148 e. The Hall–Kier alpha value is -0.130. The van der Waals surface area contributed by atoms with E-state index >= 15 is 0 Å². The van der Waals surface area contributed by atoms with Gasteiger partial charge in [-0.3, -0.25) is 0 Å². The van der Waals surface area contributed by atoms with Gasteiger partial charge in [-0.1, -0.05) is 6.92 Å². The first-order valence-corrected chi connectivity index (χ1v) is 7.03. The molecule has 0 saturated heterocycles. The molecule has 4 nitrogen and oxygen atoms in total. The van der Waals surface area contributed by atoms with Crippen molar-refractivity contribution in [3.8, 4) is 0 Å². The maximum absolute atomic E-state index is 10.9. The third-order valence-electron chi connectivity index (χ3n) is 2.25. The summed E-state index contributed by atoms with van der Waals surface area (Å²) in [6, 6.07) is 0.232. The molecular weight excluding hydrogens is 200 g/mol. The normalized spacial score (nSPS) is 14.6. The number of hydrogen-bond donors (Lipinski definition) is 1. The van der Waals surface area contributed by atoms with Crippen LogP contribution in [0.5, 0.6) is 0 Å². The summed E-state index contributed by atoms with van der Waals surface area (Å²) in [5.74, 6) is 0.227. The molecule has 5 heteroatoms. The molecule has 0 spiro atoms. The van der Waals surface area contributed by atoms with Crippen molar-refractivity contribution in [3.05, 3.63) is 0 Å². The fourth-order valence-electron chi connectivity index (χ4n) is 1.02. The molecule has 1 atom stereocenters. The van der Waals surface area contributed by atoms with Crippen molar-refractivity contribution >= 4 is 9.84 Å². The zero-order valence-corrected chi connectivity index (χ0v) is 10.2. The van der Waals surface area contributed by atoms with Crippen molar-refractivity contribution in [2.24, 2.45) is 5.73 Å². The molecule has 2 N–H and O–H groups in total. The quantitative estimate of drug-likeness (QED) is 0.663. The van der Waals surface area contributed by atoms with Gasteiger partial charge in [-0.15, -0.1) is 0 Å². The van der Waals surface area contributed by atoms with Crippen LogP contribution in [-0.4, -0.2) is 51.5 Å². The zero-order valence-electron chi connectivity index (χ0n) is 9.36. The van der Waals surface area contributed by atoms with E-state index in [1.807, 2.05) is 11.9 Å². The number of sulfone groups is 1. The molecule has 0 aliphatic carbocycles. The molecule has 0 radical (unpaired) electrons. The van der Waals surface area contributed by atoms with Gasteiger partial charge in [0.2, 0.25) is 0 Å². The maximum Gasteiger partial charge on any atom is 0.148 e. The first-order chi connectivity index (χ1) is 6.35. The third-order valence-corrected chi connectivity index (χ3v) is 3.17. The fourth-order valence-corrected chi connectivity index (χ4v) is 1.67. The summed E-state index contributed by atoms with van der Waals surface area (Å²) in [6.07, 6.45) is 3.16. The second kappa shape index (κ2) is 6.37. The van der Waals surface area contributed by atoms with Crippen molar-refractivity contribution in [3.63, 3.8) is 0 Å². The van der Waals surface area contributed by atoms with Crippen LogP contribution in [0.4, 0.5) is 0 Å². The Kier molecular flexibility index (Phi) is 6.31. The van der Waals surface area contributed by atoms with Crippen LogP contribution < -0.4 is 5.73 Å². The standard InChI is InChI=1S/C9H22N2O2S/c1-4-9(10)5-6-11(2)7-8-14(3,12)13/h9H,4-8,10H2,1-3H3. The topological polar surface area (TPSA) is 63.4 Å². The van der Waals surface area contributed by atoms with E-state index in [4.69, 9.17) is 5.73 Å². The summed E-state index contributed by atoms with van der Waals surface area (Å²) in [4.78, 5) is 2.01. The molecule has 0 bridgehead atoms. The Balaban J connectivity index is 3.61. The van der Waals surface area contributed by atoms with Crippen molar-refractivity contribution in [2.75, 3.05) is 32.1 Å². The first kappa shape index (κ1) is 13.9. The lowest BCUT2D eigenvalue weighted by Crippen LogP contribution is -2.30. The van der Waals surface area contributed by atoms with Crippen LogP contribution in [-0.2, 0) is 9.84 Å². The van der Waals surface area contributed by atoms with Crippen molar-refractivity contribution in [1.29, 1.82) is 0 Å². The summed E-state index contributed by atoms with van der Waals surface area (Å²) in [6.45, 7) is 3.51. The number of nitrogens with two attached hydrogens (primary N) is 1. The van der Waals surface area contributed by atoms with Crippen molar-refractivity contribution < 1.29 is 8.42 Å². The second-order valence-corrected chi connectivity index (χ2v) is 6.15.